The third-order valence-corrected chi connectivity index (χ3v) is 3.00. The van der Waals surface area contributed by atoms with E-state index in [1.54, 1.807) is 46.1 Å². The molecule has 0 spiro atoms. The highest BCUT2D eigenvalue weighted by Crippen LogP contribution is 2.09. The van der Waals surface area contributed by atoms with Crippen LogP contribution in [-0.2, 0) is 4.79 Å². The Balaban J connectivity index is 2.95. The SMILES string of the molecule is CC(C)C(NC(=O)c1cccc(C(=O)N(C)C)c1)C(=O)O. The molecule has 0 fully saturated rings. The van der Waals surface area contributed by atoms with Gasteiger partial charge in [0.05, 0.1) is 0 Å². The number of carboxylic acid groups (broad SMARTS) is 1. The summed E-state index contributed by atoms with van der Waals surface area (Å²) in [6.45, 7) is 3.43. The Kier molecular flexibility index (Phi) is 5.46. The van der Waals surface area contributed by atoms with Crippen LogP contribution >= 0.6 is 0 Å². The summed E-state index contributed by atoms with van der Waals surface area (Å²) >= 11 is 0. The van der Waals surface area contributed by atoms with Crippen LogP contribution in [0.3, 0.4) is 0 Å². The third kappa shape index (κ3) is 4.30. The molecule has 1 aromatic carbocycles. The van der Waals surface area contributed by atoms with Gasteiger partial charge in [-0.3, -0.25) is 9.59 Å². The molecule has 6 heteroatoms. The fourth-order valence-corrected chi connectivity index (χ4v) is 1.79. The number of carboxylic acids is 1. The first kappa shape index (κ1) is 16.7. The number of nitrogens with zero attached hydrogens (tertiary/aromatic N) is 1. The molecule has 0 aliphatic carbocycles. The van der Waals surface area contributed by atoms with E-state index >= 15 is 0 Å². The topological polar surface area (TPSA) is 86.7 Å². The van der Waals surface area contributed by atoms with Gasteiger partial charge in [0.2, 0.25) is 0 Å². The van der Waals surface area contributed by atoms with Crippen LogP contribution in [0.5, 0.6) is 0 Å². The molecule has 0 bridgehead atoms. The van der Waals surface area contributed by atoms with Crippen molar-refractivity contribution >= 4 is 17.8 Å². The number of rotatable bonds is 5. The molecule has 1 rings (SSSR count). The maximum atomic E-state index is 12.1. The smallest absolute Gasteiger partial charge is 0.326 e. The molecule has 0 radical (unpaired) electrons. The number of aliphatic carboxylic acids is 1. The number of carbonyl (C=O) groups excluding carboxylic acids is 2. The van der Waals surface area contributed by atoms with Gasteiger partial charge in [0.25, 0.3) is 11.8 Å². The maximum Gasteiger partial charge on any atom is 0.326 e. The van der Waals surface area contributed by atoms with Crippen LogP contribution in [0.4, 0.5) is 0 Å². The Morgan fingerprint density at radius 3 is 2.19 bits per heavy atom. The minimum absolute atomic E-state index is 0.219. The summed E-state index contributed by atoms with van der Waals surface area (Å²) in [4.78, 5) is 36.5. The van der Waals surface area contributed by atoms with Crippen molar-refractivity contribution in [3.05, 3.63) is 35.4 Å². The van der Waals surface area contributed by atoms with Gasteiger partial charge < -0.3 is 15.3 Å². The zero-order valence-corrected chi connectivity index (χ0v) is 12.6. The second-order valence-electron chi connectivity index (χ2n) is 5.31. The summed E-state index contributed by atoms with van der Waals surface area (Å²) in [5.74, 6) is -2.05. The van der Waals surface area contributed by atoms with Crippen LogP contribution < -0.4 is 5.32 Å². The van der Waals surface area contributed by atoms with E-state index < -0.39 is 17.9 Å². The highest BCUT2D eigenvalue weighted by molar-refractivity contribution is 6.00. The highest BCUT2D eigenvalue weighted by Gasteiger charge is 2.24. The molecule has 0 saturated heterocycles. The first-order valence-electron chi connectivity index (χ1n) is 6.59. The van der Waals surface area contributed by atoms with Crippen molar-refractivity contribution in [2.45, 2.75) is 19.9 Å². The molecule has 114 valence electrons. The highest BCUT2D eigenvalue weighted by atomic mass is 16.4. The van der Waals surface area contributed by atoms with Crippen LogP contribution in [0.2, 0.25) is 0 Å². The first-order chi connectivity index (χ1) is 9.73. The maximum absolute atomic E-state index is 12.1. The van der Waals surface area contributed by atoms with Crippen LogP contribution in [-0.4, -0.2) is 47.9 Å². The van der Waals surface area contributed by atoms with E-state index in [2.05, 4.69) is 5.32 Å². The lowest BCUT2D eigenvalue weighted by Gasteiger charge is -2.18. The standard InChI is InChI=1S/C15H20N2O4/c1-9(2)12(15(20)21)16-13(18)10-6-5-7-11(8-10)14(19)17(3)4/h5-9,12H,1-4H3,(H,16,18)(H,20,21). The van der Waals surface area contributed by atoms with Gasteiger partial charge in [-0.05, 0) is 24.1 Å². The van der Waals surface area contributed by atoms with E-state index in [0.29, 0.717) is 5.56 Å². The van der Waals surface area contributed by atoms with Crippen molar-refractivity contribution in [3.8, 4) is 0 Å². The van der Waals surface area contributed by atoms with Gasteiger partial charge in [-0.25, -0.2) is 4.79 Å². The van der Waals surface area contributed by atoms with Crippen molar-refractivity contribution in [3.63, 3.8) is 0 Å². The van der Waals surface area contributed by atoms with Gasteiger partial charge in [0, 0.05) is 25.2 Å². The van der Waals surface area contributed by atoms with Crippen molar-refractivity contribution in [2.75, 3.05) is 14.1 Å². The summed E-state index contributed by atoms with van der Waals surface area (Å²) in [6.07, 6.45) is 0. The molecule has 0 aliphatic rings. The minimum Gasteiger partial charge on any atom is -0.480 e. The lowest BCUT2D eigenvalue weighted by molar-refractivity contribution is -0.140. The van der Waals surface area contributed by atoms with Crippen LogP contribution in [0.1, 0.15) is 34.6 Å². The minimum atomic E-state index is -1.08. The molecular formula is C15H20N2O4. The Labute approximate surface area is 123 Å². The first-order valence-corrected chi connectivity index (χ1v) is 6.59. The number of hydrogen-bond acceptors (Lipinski definition) is 3. The van der Waals surface area contributed by atoms with E-state index in [9.17, 15) is 14.4 Å². The Morgan fingerprint density at radius 1 is 1.14 bits per heavy atom. The fraction of sp³-hybridized carbons (Fsp3) is 0.400. The van der Waals surface area contributed by atoms with Crippen molar-refractivity contribution in [1.82, 2.24) is 10.2 Å². The molecule has 1 unspecified atom stereocenters. The normalized spacial score (nSPS) is 11.9. The summed E-state index contributed by atoms with van der Waals surface area (Å²) in [6, 6.07) is 5.23. The molecule has 6 nitrogen and oxygen atoms in total. The number of benzene rings is 1. The number of amides is 2. The van der Waals surface area contributed by atoms with Crippen molar-refractivity contribution < 1.29 is 19.5 Å². The molecule has 2 amide bonds. The van der Waals surface area contributed by atoms with Gasteiger partial charge in [-0.15, -0.1) is 0 Å². The van der Waals surface area contributed by atoms with E-state index in [1.165, 1.54) is 11.0 Å². The van der Waals surface area contributed by atoms with Gasteiger partial charge in [-0.1, -0.05) is 19.9 Å². The largest absolute Gasteiger partial charge is 0.480 e. The predicted octanol–water partition coefficient (Wildman–Crippen LogP) is 1.23. The lowest BCUT2D eigenvalue weighted by atomic mass is 10.0. The van der Waals surface area contributed by atoms with E-state index in [0.717, 1.165) is 0 Å². The second kappa shape index (κ2) is 6.88. The Bertz CT molecular complexity index is 552. The molecule has 0 aromatic heterocycles. The third-order valence-electron chi connectivity index (χ3n) is 3.00. The molecular weight excluding hydrogens is 272 g/mol. The van der Waals surface area contributed by atoms with Gasteiger partial charge in [-0.2, -0.15) is 0 Å². The molecule has 2 N–H and O–H groups in total. The average molecular weight is 292 g/mol. The van der Waals surface area contributed by atoms with Crippen LogP contribution in [0.15, 0.2) is 24.3 Å². The van der Waals surface area contributed by atoms with E-state index in [1.807, 2.05) is 0 Å². The summed E-state index contributed by atoms with van der Waals surface area (Å²) < 4.78 is 0. The van der Waals surface area contributed by atoms with E-state index in [4.69, 9.17) is 5.11 Å². The molecule has 0 aliphatic heterocycles. The fourth-order valence-electron chi connectivity index (χ4n) is 1.79. The van der Waals surface area contributed by atoms with Gasteiger partial charge >= 0.3 is 5.97 Å². The van der Waals surface area contributed by atoms with Crippen LogP contribution in [0, 0.1) is 5.92 Å². The van der Waals surface area contributed by atoms with Crippen LogP contribution in [0.25, 0.3) is 0 Å². The quantitative estimate of drug-likeness (QED) is 0.854. The average Bonchev–Trinajstić information content (AvgIpc) is 2.42. The van der Waals surface area contributed by atoms with Crippen molar-refractivity contribution in [2.24, 2.45) is 5.92 Å². The zero-order valence-electron chi connectivity index (χ0n) is 12.6. The van der Waals surface area contributed by atoms with Crippen molar-refractivity contribution in [1.29, 1.82) is 0 Å². The molecule has 0 saturated carbocycles. The monoisotopic (exact) mass is 292 g/mol. The zero-order chi connectivity index (χ0) is 16.2. The molecule has 1 atom stereocenters. The molecule has 0 heterocycles. The van der Waals surface area contributed by atoms with E-state index in [-0.39, 0.29) is 17.4 Å². The Morgan fingerprint density at radius 2 is 1.71 bits per heavy atom. The summed E-state index contributed by atoms with van der Waals surface area (Å²) in [5, 5.41) is 11.5. The number of hydrogen-bond donors (Lipinski definition) is 2. The molecule has 1 aromatic rings. The Hall–Kier alpha value is -2.37. The van der Waals surface area contributed by atoms with Gasteiger partial charge in [0.15, 0.2) is 0 Å². The second-order valence-corrected chi connectivity index (χ2v) is 5.31. The predicted molar refractivity (Wildman–Crippen MR) is 78.2 cm³/mol. The summed E-state index contributed by atoms with van der Waals surface area (Å²) in [5.41, 5.74) is 0.638. The molecule has 21 heavy (non-hydrogen) atoms. The lowest BCUT2D eigenvalue weighted by Crippen LogP contribution is -2.44. The number of nitrogens with one attached hydrogen (secondary N) is 1. The van der Waals surface area contributed by atoms with Gasteiger partial charge in [0.1, 0.15) is 6.04 Å². The summed E-state index contributed by atoms with van der Waals surface area (Å²) in [7, 11) is 3.24. The number of carbonyl (C=O) groups is 3.